The molecule has 2 heterocycles. The molecule has 3 N–H and O–H groups in total. The minimum absolute atomic E-state index is 0.0362. The van der Waals surface area contributed by atoms with Crippen LogP contribution in [-0.4, -0.2) is 41.0 Å². The van der Waals surface area contributed by atoms with Crippen LogP contribution >= 0.6 is 0 Å². The molecule has 1 amide bonds. The van der Waals surface area contributed by atoms with Crippen molar-refractivity contribution in [3.8, 4) is 11.5 Å². The quantitative estimate of drug-likeness (QED) is 0.506. The van der Waals surface area contributed by atoms with Gasteiger partial charge < -0.3 is 25.2 Å². The second-order valence-electron chi connectivity index (χ2n) is 7.15. The number of carboxylic acid groups (broad SMARTS) is 1. The Balaban J connectivity index is 1.63. The minimum Gasteiger partial charge on any atom is -0.493 e. The molecule has 168 valence electrons. The zero-order valence-corrected chi connectivity index (χ0v) is 18.0. The van der Waals surface area contributed by atoms with Gasteiger partial charge in [-0.3, -0.25) is 4.79 Å². The lowest BCUT2D eigenvalue weighted by atomic mass is 10.1. The summed E-state index contributed by atoms with van der Waals surface area (Å²) in [5, 5.41) is 19.5. The first-order valence-corrected chi connectivity index (χ1v) is 10.1. The number of nitrogens with one attached hydrogen (secondary N) is 2. The van der Waals surface area contributed by atoms with E-state index >= 15 is 0 Å². The fourth-order valence-corrected chi connectivity index (χ4v) is 3.44. The first-order valence-electron chi connectivity index (χ1n) is 10.1. The number of anilines is 2. The summed E-state index contributed by atoms with van der Waals surface area (Å²) in [4.78, 5) is 24.7. The maximum absolute atomic E-state index is 13.0. The smallest absolute Gasteiger partial charge is 0.352 e. The van der Waals surface area contributed by atoms with E-state index in [1.807, 2.05) is 42.5 Å². The Morgan fingerprint density at radius 2 is 1.88 bits per heavy atom. The van der Waals surface area contributed by atoms with Gasteiger partial charge in [-0.1, -0.05) is 42.5 Å². The standard InChI is InChI=1S/C24H22N4O5/c1-32-20-11-9-16(12-21(20)33-2)26-23(29)18-14-25-28-17(10-8-15-6-4-3-5-7-15)13-19(24(30)31)27-22(18)28/h3-14,17,27H,1-2H3,(H,26,29)(H,30,31)/b10-8+. The maximum Gasteiger partial charge on any atom is 0.352 e. The van der Waals surface area contributed by atoms with Gasteiger partial charge in [-0.05, 0) is 23.8 Å². The summed E-state index contributed by atoms with van der Waals surface area (Å²) in [6.07, 6.45) is 6.64. The molecule has 1 atom stereocenters. The molecule has 0 bridgehead atoms. The average molecular weight is 446 g/mol. The number of methoxy groups -OCH3 is 2. The average Bonchev–Trinajstić information content (AvgIpc) is 3.27. The van der Waals surface area contributed by atoms with Crippen LogP contribution < -0.4 is 20.1 Å². The number of carbonyl (C=O) groups excluding carboxylic acids is 1. The van der Waals surface area contributed by atoms with E-state index in [9.17, 15) is 14.7 Å². The van der Waals surface area contributed by atoms with Gasteiger partial charge in [0.1, 0.15) is 17.1 Å². The lowest BCUT2D eigenvalue weighted by Gasteiger charge is -2.22. The Hall–Kier alpha value is -4.53. The highest BCUT2D eigenvalue weighted by molar-refractivity contribution is 6.08. The third-order valence-corrected chi connectivity index (χ3v) is 5.07. The van der Waals surface area contributed by atoms with Crippen molar-refractivity contribution in [1.29, 1.82) is 0 Å². The van der Waals surface area contributed by atoms with E-state index in [-0.39, 0.29) is 17.1 Å². The molecule has 0 radical (unpaired) electrons. The molecule has 9 heteroatoms. The summed E-state index contributed by atoms with van der Waals surface area (Å²) in [6.45, 7) is 0. The fourth-order valence-electron chi connectivity index (χ4n) is 3.44. The summed E-state index contributed by atoms with van der Waals surface area (Å²) in [5.41, 5.74) is 1.62. The third-order valence-electron chi connectivity index (χ3n) is 5.07. The number of ether oxygens (including phenoxy) is 2. The number of fused-ring (bicyclic) bond motifs is 1. The van der Waals surface area contributed by atoms with Gasteiger partial charge >= 0.3 is 5.97 Å². The Kier molecular flexibility index (Phi) is 6.12. The predicted molar refractivity (Wildman–Crippen MR) is 124 cm³/mol. The first kappa shape index (κ1) is 21.7. The molecule has 1 aromatic heterocycles. The lowest BCUT2D eigenvalue weighted by Crippen LogP contribution is -2.24. The number of rotatable bonds is 7. The van der Waals surface area contributed by atoms with Crippen molar-refractivity contribution in [1.82, 2.24) is 9.78 Å². The van der Waals surface area contributed by atoms with Crippen molar-refractivity contribution in [3.05, 3.63) is 83.7 Å². The molecule has 1 unspecified atom stereocenters. The summed E-state index contributed by atoms with van der Waals surface area (Å²) in [5.74, 6) is -0.298. The van der Waals surface area contributed by atoms with Crippen molar-refractivity contribution in [2.24, 2.45) is 0 Å². The van der Waals surface area contributed by atoms with Crippen molar-refractivity contribution < 1.29 is 24.2 Å². The Bertz CT molecular complexity index is 1250. The molecule has 3 aromatic rings. The van der Waals surface area contributed by atoms with Crippen LogP contribution in [0.1, 0.15) is 22.0 Å². The number of aliphatic carboxylic acids is 1. The summed E-state index contributed by atoms with van der Waals surface area (Å²) in [7, 11) is 3.03. The van der Waals surface area contributed by atoms with Crippen LogP contribution in [0.25, 0.3) is 6.08 Å². The number of allylic oxidation sites excluding steroid dienone is 2. The molecule has 0 fully saturated rings. The van der Waals surface area contributed by atoms with E-state index in [4.69, 9.17) is 9.47 Å². The van der Waals surface area contributed by atoms with Gasteiger partial charge in [-0.25, -0.2) is 9.48 Å². The summed E-state index contributed by atoms with van der Waals surface area (Å²) < 4.78 is 12.1. The van der Waals surface area contributed by atoms with E-state index in [0.29, 0.717) is 17.2 Å². The first-order chi connectivity index (χ1) is 16.0. The molecule has 0 spiro atoms. The van der Waals surface area contributed by atoms with Crippen LogP contribution in [0, 0.1) is 0 Å². The molecule has 0 saturated carbocycles. The molecule has 0 saturated heterocycles. The van der Waals surface area contributed by atoms with Crippen LogP contribution in [0.3, 0.4) is 0 Å². The normalized spacial score (nSPS) is 14.7. The Labute approximate surface area is 189 Å². The number of benzene rings is 2. The molecule has 0 aliphatic carbocycles. The number of nitrogens with zero attached hydrogens (tertiary/aromatic N) is 2. The van der Waals surface area contributed by atoms with Crippen molar-refractivity contribution in [3.63, 3.8) is 0 Å². The molecule has 4 rings (SSSR count). The van der Waals surface area contributed by atoms with Gasteiger partial charge in [0.15, 0.2) is 11.5 Å². The van der Waals surface area contributed by atoms with Crippen LogP contribution in [0.5, 0.6) is 11.5 Å². The zero-order valence-electron chi connectivity index (χ0n) is 18.0. The number of hydrogen-bond donors (Lipinski definition) is 3. The minimum atomic E-state index is -1.13. The van der Waals surface area contributed by atoms with Gasteiger partial charge in [0, 0.05) is 11.8 Å². The highest BCUT2D eigenvalue weighted by Crippen LogP contribution is 2.32. The second-order valence-corrected chi connectivity index (χ2v) is 7.15. The molecule has 1 aliphatic heterocycles. The monoisotopic (exact) mass is 446 g/mol. The van der Waals surface area contributed by atoms with Crippen molar-refractivity contribution in [2.75, 3.05) is 24.9 Å². The van der Waals surface area contributed by atoms with E-state index in [0.717, 1.165) is 5.56 Å². The number of aromatic nitrogens is 2. The second kappa shape index (κ2) is 9.31. The van der Waals surface area contributed by atoms with Gasteiger partial charge in [0.2, 0.25) is 0 Å². The number of carboxylic acids is 1. The highest BCUT2D eigenvalue weighted by Gasteiger charge is 2.27. The van der Waals surface area contributed by atoms with Crippen LogP contribution in [0.4, 0.5) is 11.5 Å². The van der Waals surface area contributed by atoms with E-state index in [1.165, 1.54) is 26.5 Å². The molecule has 1 aliphatic rings. The van der Waals surface area contributed by atoms with Gasteiger partial charge in [0.25, 0.3) is 5.91 Å². The van der Waals surface area contributed by atoms with E-state index in [2.05, 4.69) is 15.7 Å². The molecule has 9 nitrogen and oxygen atoms in total. The highest BCUT2D eigenvalue weighted by atomic mass is 16.5. The Morgan fingerprint density at radius 3 is 2.58 bits per heavy atom. The number of hydrogen-bond acceptors (Lipinski definition) is 6. The molecule has 2 aromatic carbocycles. The summed E-state index contributed by atoms with van der Waals surface area (Å²) in [6, 6.07) is 14.1. The largest absolute Gasteiger partial charge is 0.493 e. The van der Waals surface area contributed by atoms with Gasteiger partial charge in [-0.15, -0.1) is 0 Å². The maximum atomic E-state index is 13.0. The third kappa shape index (κ3) is 4.57. The van der Waals surface area contributed by atoms with Crippen LogP contribution in [-0.2, 0) is 4.79 Å². The summed E-state index contributed by atoms with van der Waals surface area (Å²) >= 11 is 0. The van der Waals surface area contributed by atoms with E-state index < -0.39 is 17.9 Å². The van der Waals surface area contributed by atoms with Gasteiger partial charge in [0.05, 0.1) is 26.5 Å². The SMILES string of the molecule is COc1ccc(NC(=O)c2cnn3c2NC(C(=O)O)=CC3/C=C/c2ccccc2)cc1OC. The van der Waals surface area contributed by atoms with Crippen molar-refractivity contribution >= 4 is 29.5 Å². The van der Waals surface area contributed by atoms with Crippen LogP contribution in [0.15, 0.2) is 72.6 Å². The zero-order chi connectivity index (χ0) is 23.4. The van der Waals surface area contributed by atoms with Crippen molar-refractivity contribution in [2.45, 2.75) is 6.04 Å². The molecular formula is C24H22N4O5. The van der Waals surface area contributed by atoms with Crippen LogP contribution in [0.2, 0.25) is 0 Å². The van der Waals surface area contributed by atoms with Gasteiger partial charge in [-0.2, -0.15) is 5.10 Å². The predicted octanol–water partition coefficient (Wildman–Crippen LogP) is 3.80. The Morgan fingerprint density at radius 1 is 1.12 bits per heavy atom. The molecular weight excluding hydrogens is 424 g/mol. The topological polar surface area (TPSA) is 115 Å². The van der Waals surface area contributed by atoms with E-state index in [1.54, 1.807) is 22.9 Å². The number of carbonyl (C=O) groups is 2. The molecule has 33 heavy (non-hydrogen) atoms. The lowest BCUT2D eigenvalue weighted by molar-refractivity contribution is -0.132. The number of amides is 1. The fraction of sp³-hybridized carbons (Fsp3) is 0.125.